The van der Waals surface area contributed by atoms with E-state index in [1.807, 2.05) is 18.2 Å². The molecule has 44 heavy (non-hydrogen) atoms. The Bertz CT molecular complexity index is 1720. The van der Waals surface area contributed by atoms with E-state index in [1.54, 1.807) is 24.3 Å². The van der Waals surface area contributed by atoms with Crippen LogP contribution in [0.4, 0.5) is 11.4 Å². The lowest BCUT2D eigenvalue weighted by atomic mass is 9.59. The van der Waals surface area contributed by atoms with Crippen LogP contribution in [0.15, 0.2) is 69.8 Å². The summed E-state index contributed by atoms with van der Waals surface area (Å²) >= 11 is 9.63. The smallest absolute Gasteiger partial charge is 0.238 e. The van der Waals surface area contributed by atoms with E-state index in [0.29, 0.717) is 42.0 Å². The van der Waals surface area contributed by atoms with Crippen molar-refractivity contribution in [2.75, 3.05) is 43.2 Å². The molecular weight excluding hydrogens is 652 g/mol. The van der Waals surface area contributed by atoms with Gasteiger partial charge in [0.25, 0.3) is 0 Å². The number of Topliss-reactive ketones (excluding diaryl/α,β-unsaturated/α-hetero) is 1. The van der Waals surface area contributed by atoms with E-state index in [1.165, 1.54) is 18.1 Å². The summed E-state index contributed by atoms with van der Waals surface area (Å²) in [6.45, 7) is 2.83. The minimum absolute atomic E-state index is 0.0306. The van der Waals surface area contributed by atoms with E-state index in [9.17, 15) is 24.3 Å². The van der Waals surface area contributed by atoms with Crippen LogP contribution >= 0.6 is 27.5 Å². The highest BCUT2D eigenvalue weighted by atomic mass is 79.9. The largest absolute Gasteiger partial charge is 0.503 e. The van der Waals surface area contributed by atoms with Crippen molar-refractivity contribution in [2.45, 2.75) is 18.8 Å². The number of nitrogens with zero attached hydrogens (tertiary/aromatic N) is 2. The summed E-state index contributed by atoms with van der Waals surface area (Å²) in [5, 5.41) is 10.4. The van der Waals surface area contributed by atoms with Gasteiger partial charge < -0.3 is 19.5 Å². The highest BCUT2D eigenvalue weighted by Crippen LogP contribution is 2.56. The van der Waals surface area contributed by atoms with Crippen molar-refractivity contribution in [1.29, 1.82) is 0 Å². The van der Waals surface area contributed by atoms with Crippen LogP contribution in [-0.4, -0.2) is 61.9 Å². The molecule has 11 heteroatoms. The fraction of sp³-hybridized carbons (Fsp3) is 0.333. The van der Waals surface area contributed by atoms with Crippen LogP contribution in [0, 0.1) is 17.8 Å². The minimum atomic E-state index is -0.713. The number of morpholine rings is 1. The van der Waals surface area contributed by atoms with Crippen LogP contribution in [0.5, 0.6) is 11.5 Å². The molecule has 9 nitrogen and oxygen atoms in total. The molecule has 226 valence electrons. The van der Waals surface area contributed by atoms with Gasteiger partial charge in [-0.15, -0.1) is 0 Å². The number of fused-ring (bicyclic) bond motifs is 3. The number of phenols is 1. The number of carbonyl (C=O) groups excluding carboxylic acids is 4. The third kappa shape index (κ3) is 4.45. The number of ketones is 2. The lowest BCUT2D eigenvalue weighted by molar-refractivity contribution is -0.123. The third-order valence-corrected chi connectivity index (χ3v) is 10.3. The molecule has 7 rings (SSSR count). The number of benzene rings is 2. The summed E-state index contributed by atoms with van der Waals surface area (Å²) in [6.07, 6.45) is 3.67. The van der Waals surface area contributed by atoms with Crippen LogP contribution in [0.3, 0.4) is 0 Å². The van der Waals surface area contributed by atoms with E-state index in [4.69, 9.17) is 21.1 Å². The van der Waals surface area contributed by atoms with E-state index in [-0.39, 0.29) is 50.8 Å². The lowest BCUT2D eigenvalue weighted by Crippen LogP contribution is -2.39. The standard InChI is InChI=1S/C33H28BrClN2O7/c1-43-26-13-16(12-24(35)31(26)40)27-19-6-7-20-28(21(19)14-22-29(27)25(38)15-23(34)30(22)39)33(42)37(32(20)41)18-4-2-17(3-5-18)36-8-10-44-11-9-36/h2-6,12-13,15,20-21,27-28,40H,7-11,14H2,1H3. The molecule has 0 aromatic heterocycles. The van der Waals surface area contributed by atoms with Crippen LogP contribution in [0.2, 0.25) is 5.02 Å². The number of amides is 2. The molecule has 1 N–H and O–H groups in total. The highest BCUT2D eigenvalue weighted by Gasteiger charge is 2.56. The van der Waals surface area contributed by atoms with Gasteiger partial charge in [-0.2, -0.15) is 0 Å². The Balaban J connectivity index is 1.28. The van der Waals surface area contributed by atoms with Crippen molar-refractivity contribution >= 4 is 62.3 Å². The zero-order valence-electron chi connectivity index (χ0n) is 23.7. The second kappa shape index (κ2) is 11.0. The van der Waals surface area contributed by atoms with Gasteiger partial charge in [-0.25, -0.2) is 0 Å². The second-order valence-electron chi connectivity index (χ2n) is 11.6. The molecule has 2 saturated heterocycles. The highest BCUT2D eigenvalue weighted by molar-refractivity contribution is 9.12. The SMILES string of the molecule is COc1cc(C2C3=CCC4C(=O)N(c5ccc(N6CCOCC6)cc5)C(=O)C4C3CC3=C2C(=O)C=C(Br)C3=O)cc(Cl)c1O. The first kappa shape index (κ1) is 29.0. The maximum atomic E-state index is 14.2. The Hall–Kier alpha value is -3.73. The molecule has 0 radical (unpaired) electrons. The minimum Gasteiger partial charge on any atom is -0.503 e. The predicted octanol–water partition coefficient (Wildman–Crippen LogP) is 4.86. The topological polar surface area (TPSA) is 113 Å². The first-order valence-electron chi connectivity index (χ1n) is 14.5. The van der Waals surface area contributed by atoms with Gasteiger partial charge >= 0.3 is 0 Å². The number of imide groups is 1. The molecule has 2 heterocycles. The van der Waals surface area contributed by atoms with Crippen LogP contribution in [0.1, 0.15) is 24.3 Å². The van der Waals surface area contributed by atoms with Crippen molar-refractivity contribution in [1.82, 2.24) is 0 Å². The molecule has 4 atom stereocenters. The summed E-state index contributed by atoms with van der Waals surface area (Å²) in [6, 6.07) is 10.6. The number of methoxy groups -OCH3 is 1. The quantitative estimate of drug-likeness (QED) is 0.277. The number of hydrogen-bond acceptors (Lipinski definition) is 8. The summed E-state index contributed by atoms with van der Waals surface area (Å²) in [4.78, 5) is 58.4. The molecule has 0 bridgehead atoms. The molecule has 5 aliphatic rings. The average Bonchev–Trinajstić information content (AvgIpc) is 3.30. The molecule has 2 amide bonds. The van der Waals surface area contributed by atoms with Gasteiger partial charge in [-0.3, -0.25) is 24.1 Å². The van der Waals surface area contributed by atoms with Crippen molar-refractivity contribution in [3.8, 4) is 11.5 Å². The molecule has 0 saturated carbocycles. The average molecular weight is 680 g/mol. The maximum absolute atomic E-state index is 14.2. The maximum Gasteiger partial charge on any atom is 0.238 e. The Kier molecular flexibility index (Phi) is 7.26. The Morgan fingerprint density at radius 3 is 2.41 bits per heavy atom. The van der Waals surface area contributed by atoms with Gasteiger partial charge in [0.05, 0.1) is 47.4 Å². The van der Waals surface area contributed by atoms with Crippen molar-refractivity contribution in [3.05, 3.63) is 80.3 Å². The zero-order valence-corrected chi connectivity index (χ0v) is 26.1. The lowest BCUT2D eigenvalue weighted by Gasteiger charge is -2.42. The van der Waals surface area contributed by atoms with Gasteiger partial charge in [0.15, 0.2) is 23.1 Å². The molecule has 0 spiro atoms. The second-order valence-corrected chi connectivity index (χ2v) is 12.8. The Labute approximate surface area is 266 Å². The number of allylic oxidation sites excluding steroid dienone is 6. The van der Waals surface area contributed by atoms with Crippen molar-refractivity contribution < 1.29 is 33.8 Å². The van der Waals surface area contributed by atoms with Gasteiger partial charge in [-0.1, -0.05) is 23.3 Å². The monoisotopic (exact) mass is 678 g/mol. The van der Waals surface area contributed by atoms with Gasteiger partial charge in [0.2, 0.25) is 11.8 Å². The molecule has 2 fully saturated rings. The fourth-order valence-electron chi connectivity index (χ4n) is 7.39. The van der Waals surface area contributed by atoms with E-state index in [2.05, 4.69) is 20.8 Å². The van der Waals surface area contributed by atoms with Crippen LogP contribution in [-0.2, 0) is 23.9 Å². The van der Waals surface area contributed by atoms with Gasteiger partial charge in [0, 0.05) is 41.9 Å². The van der Waals surface area contributed by atoms with Gasteiger partial charge in [0.1, 0.15) is 0 Å². The Morgan fingerprint density at radius 2 is 1.70 bits per heavy atom. The van der Waals surface area contributed by atoms with Crippen molar-refractivity contribution in [3.63, 3.8) is 0 Å². The number of carbonyl (C=O) groups is 4. The molecule has 4 unspecified atom stereocenters. The predicted molar refractivity (Wildman–Crippen MR) is 166 cm³/mol. The van der Waals surface area contributed by atoms with E-state index >= 15 is 0 Å². The van der Waals surface area contributed by atoms with E-state index in [0.717, 1.165) is 24.4 Å². The van der Waals surface area contributed by atoms with Gasteiger partial charge in [-0.05, 0) is 76.7 Å². The van der Waals surface area contributed by atoms with E-state index < -0.39 is 23.7 Å². The molecule has 2 aromatic carbocycles. The number of ether oxygens (including phenoxy) is 2. The number of hydrogen-bond donors (Lipinski definition) is 1. The summed E-state index contributed by atoms with van der Waals surface area (Å²) < 4.78 is 10.9. The van der Waals surface area contributed by atoms with Crippen molar-refractivity contribution in [2.24, 2.45) is 17.8 Å². The number of anilines is 2. The number of halogens is 2. The summed E-state index contributed by atoms with van der Waals surface area (Å²) in [5.41, 5.74) is 3.46. The normalized spacial score (nSPS) is 26.7. The molecule has 3 aliphatic carbocycles. The Morgan fingerprint density at radius 1 is 1.00 bits per heavy atom. The van der Waals surface area contributed by atoms with Crippen LogP contribution < -0.4 is 14.5 Å². The first-order chi connectivity index (χ1) is 21.2. The molecular formula is C33H28BrClN2O7. The van der Waals surface area contributed by atoms with Crippen LogP contribution in [0.25, 0.3) is 0 Å². The zero-order chi connectivity index (χ0) is 30.9. The summed E-state index contributed by atoms with van der Waals surface area (Å²) in [7, 11) is 1.40. The number of phenolic OH excluding ortho intramolecular Hbond substituents is 1. The molecule has 2 aromatic rings. The fourth-order valence-corrected chi connectivity index (χ4v) is 8.06. The molecule has 2 aliphatic heterocycles. The first-order valence-corrected chi connectivity index (χ1v) is 15.6. The third-order valence-electron chi connectivity index (χ3n) is 9.42. The summed E-state index contributed by atoms with van der Waals surface area (Å²) in [5.74, 6) is -3.87. The number of rotatable bonds is 4. The number of aromatic hydroxyl groups is 1.